The maximum Gasteiger partial charge on any atom is 0.171 e. The molecule has 0 spiro atoms. The normalized spacial score (nSPS) is 27.3. The molecule has 4 rings (SSSR count). The predicted molar refractivity (Wildman–Crippen MR) is 119 cm³/mol. The summed E-state index contributed by atoms with van der Waals surface area (Å²) < 4.78 is 9.93. The summed E-state index contributed by atoms with van der Waals surface area (Å²) in [7, 11) is 0. The molecule has 2 heterocycles. The fourth-order valence-corrected chi connectivity index (χ4v) is 5.32. The van der Waals surface area contributed by atoms with Crippen LogP contribution >= 0.6 is 11.9 Å². The summed E-state index contributed by atoms with van der Waals surface area (Å²) in [5.41, 5.74) is 1.46. The van der Waals surface area contributed by atoms with E-state index in [2.05, 4.69) is 51.2 Å². The number of hydrogen-bond donors (Lipinski definition) is 2. The molecule has 0 radical (unpaired) electrons. The molecule has 6 heteroatoms. The number of anilines is 1. The molecule has 5 nitrogen and oxygen atoms in total. The summed E-state index contributed by atoms with van der Waals surface area (Å²) in [5, 5.41) is 10.3. The molecule has 1 aliphatic carbocycles. The average Bonchev–Trinajstić information content (AvgIpc) is 3.16. The second-order valence-electron chi connectivity index (χ2n) is 8.04. The zero-order valence-corrected chi connectivity index (χ0v) is 17.9. The van der Waals surface area contributed by atoms with E-state index in [0.717, 1.165) is 25.8 Å². The van der Waals surface area contributed by atoms with Crippen molar-refractivity contribution in [2.45, 2.75) is 56.2 Å². The van der Waals surface area contributed by atoms with Crippen molar-refractivity contribution < 1.29 is 9.84 Å². The number of hydrogen-bond acceptors (Lipinski definition) is 6. The van der Waals surface area contributed by atoms with E-state index in [1.165, 1.54) is 18.4 Å². The summed E-state index contributed by atoms with van der Waals surface area (Å²) in [6.07, 6.45) is 9.75. The number of benzene rings is 1. The highest BCUT2D eigenvalue weighted by Gasteiger charge is 2.37. The third kappa shape index (κ3) is 4.87. The predicted octanol–water partition coefficient (Wildman–Crippen LogP) is 4.35. The molecule has 2 fully saturated rings. The van der Waals surface area contributed by atoms with Gasteiger partial charge in [0.25, 0.3) is 0 Å². The Kier molecular flexibility index (Phi) is 6.95. The third-order valence-electron chi connectivity index (χ3n) is 6.30. The second-order valence-corrected chi connectivity index (χ2v) is 8.69. The highest BCUT2D eigenvalue weighted by atomic mass is 32.2. The molecule has 1 aromatic heterocycles. The molecule has 29 heavy (non-hydrogen) atoms. The lowest BCUT2D eigenvalue weighted by atomic mass is 9.83. The number of aromatic hydroxyl groups is 1. The van der Waals surface area contributed by atoms with Crippen LogP contribution in [0.2, 0.25) is 0 Å². The summed E-state index contributed by atoms with van der Waals surface area (Å²) in [5.74, 6) is 1.57. The molecule has 2 aliphatic rings. The first-order chi connectivity index (χ1) is 14.3. The lowest BCUT2D eigenvalue weighted by molar-refractivity contribution is 0.0156. The zero-order chi connectivity index (χ0) is 20.1. The van der Waals surface area contributed by atoms with E-state index in [1.807, 2.05) is 0 Å². The van der Waals surface area contributed by atoms with Crippen LogP contribution in [0.25, 0.3) is 0 Å². The van der Waals surface area contributed by atoms with Gasteiger partial charge in [-0.1, -0.05) is 42.3 Å². The van der Waals surface area contributed by atoms with Gasteiger partial charge in [-0.15, -0.1) is 0 Å². The minimum absolute atomic E-state index is 0.176. The van der Waals surface area contributed by atoms with E-state index in [9.17, 15) is 5.11 Å². The van der Waals surface area contributed by atoms with Crippen molar-refractivity contribution in [3.63, 3.8) is 0 Å². The number of nitrogens with zero attached hydrogens (tertiary/aromatic N) is 2. The van der Waals surface area contributed by atoms with E-state index in [0.29, 0.717) is 30.5 Å². The first-order valence-electron chi connectivity index (χ1n) is 10.6. The van der Waals surface area contributed by atoms with Crippen LogP contribution in [0.1, 0.15) is 43.6 Å². The van der Waals surface area contributed by atoms with Gasteiger partial charge in [-0.2, -0.15) is 0 Å². The van der Waals surface area contributed by atoms with Gasteiger partial charge < -0.3 is 14.7 Å². The summed E-state index contributed by atoms with van der Waals surface area (Å²) in [6, 6.07) is 14.8. The van der Waals surface area contributed by atoms with Gasteiger partial charge in [-0.3, -0.25) is 4.72 Å². The Hall–Kier alpha value is -1.76. The lowest BCUT2D eigenvalue weighted by Gasteiger charge is -2.33. The Morgan fingerprint density at radius 3 is 2.62 bits per heavy atom. The van der Waals surface area contributed by atoms with E-state index in [4.69, 9.17) is 4.74 Å². The minimum Gasteiger partial charge on any atom is -0.504 e. The smallest absolute Gasteiger partial charge is 0.171 e. The molecule has 0 amide bonds. The molecule has 2 unspecified atom stereocenters. The third-order valence-corrected chi connectivity index (χ3v) is 6.84. The van der Waals surface area contributed by atoms with Crippen molar-refractivity contribution in [2.75, 3.05) is 24.3 Å². The minimum atomic E-state index is 0.176. The van der Waals surface area contributed by atoms with Crippen LogP contribution in [-0.2, 0) is 4.74 Å². The van der Waals surface area contributed by atoms with Gasteiger partial charge >= 0.3 is 0 Å². The average molecular weight is 414 g/mol. The van der Waals surface area contributed by atoms with Crippen molar-refractivity contribution in [3.8, 4) is 5.75 Å². The maximum atomic E-state index is 10.3. The van der Waals surface area contributed by atoms with Crippen LogP contribution in [-0.4, -0.2) is 47.7 Å². The second kappa shape index (κ2) is 9.83. The van der Waals surface area contributed by atoms with Crippen LogP contribution in [0.15, 0.2) is 48.7 Å². The highest BCUT2D eigenvalue weighted by molar-refractivity contribution is 7.96. The van der Waals surface area contributed by atoms with Gasteiger partial charge in [0, 0.05) is 18.8 Å². The summed E-state index contributed by atoms with van der Waals surface area (Å²) in [6.45, 7) is 1.53. The Labute approximate surface area is 178 Å². The molecule has 2 N–H and O–H groups in total. The maximum absolute atomic E-state index is 10.3. The Morgan fingerprint density at radius 1 is 1.10 bits per heavy atom. The van der Waals surface area contributed by atoms with Crippen molar-refractivity contribution in [1.29, 1.82) is 0 Å². The van der Waals surface area contributed by atoms with Crippen LogP contribution < -0.4 is 9.62 Å². The van der Waals surface area contributed by atoms with Crippen molar-refractivity contribution >= 4 is 17.8 Å². The van der Waals surface area contributed by atoms with E-state index in [1.54, 1.807) is 30.3 Å². The van der Waals surface area contributed by atoms with Gasteiger partial charge in [0.2, 0.25) is 0 Å². The highest BCUT2D eigenvalue weighted by Crippen LogP contribution is 2.35. The van der Waals surface area contributed by atoms with Crippen LogP contribution in [0, 0.1) is 0 Å². The van der Waals surface area contributed by atoms with Gasteiger partial charge in [0.05, 0.1) is 18.8 Å². The first-order valence-corrected chi connectivity index (χ1v) is 11.8. The largest absolute Gasteiger partial charge is 0.504 e. The molecule has 1 aromatic carbocycles. The van der Waals surface area contributed by atoms with Crippen molar-refractivity contribution in [3.05, 3.63) is 54.2 Å². The van der Waals surface area contributed by atoms with Crippen LogP contribution in [0.3, 0.4) is 0 Å². The van der Waals surface area contributed by atoms with Gasteiger partial charge in [-0.05, 0) is 62.0 Å². The molecular formula is C23H31N3O2S. The molecular weight excluding hydrogens is 382 g/mol. The molecule has 0 bridgehead atoms. The fraction of sp³-hybridized carbons (Fsp3) is 0.522. The zero-order valence-electron chi connectivity index (χ0n) is 17.0. The van der Waals surface area contributed by atoms with Crippen LogP contribution in [0.4, 0.5) is 5.82 Å². The molecule has 156 valence electrons. The van der Waals surface area contributed by atoms with Gasteiger partial charge in [-0.25, -0.2) is 4.98 Å². The van der Waals surface area contributed by atoms with E-state index in [-0.39, 0.29) is 11.8 Å². The van der Waals surface area contributed by atoms with Gasteiger partial charge in [0.15, 0.2) is 11.6 Å². The Balaban J connectivity index is 1.36. The standard InChI is InChI=1S/C23H31N3O2S/c1-29-25-20-13-15-26(23-22(27)8-5-14-24-23)21(20)16-28-19-11-9-18(10-12-19)17-6-3-2-4-7-17/h2-8,14,18-21,25,27H,9-13,15-16H2,1H3. The fourth-order valence-electron chi connectivity index (χ4n) is 4.74. The number of ether oxygens (including phenoxy) is 1. The first kappa shape index (κ1) is 20.5. The van der Waals surface area contributed by atoms with Crippen molar-refractivity contribution in [1.82, 2.24) is 9.71 Å². The summed E-state index contributed by atoms with van der Waals surface area (Å²) in [4.78, 5) is 6.64. The van der Waals surface area contributed by atoms with E-state index >= 15 is 0 Å². The van der Waals surface area contributed by atoms with E-state index < -0.39 is 0 Å². The lowest BCUT2D eigenvalue weighted by Crippen LogP contribution is -2.45. The topological polar surface area (TPSA) is 57.6 Å². The number of pyridine rings is 1. The Bertz CT molecular complexity index is 768. The SMILES string of the molecule is CSNC1CCN(c2ncccc2O)C1COC1CCC(c2ccccc2)CC1. The molecule has 1 saturated carbocycles. The number of rotatable bonds is 7. The number of nitrogens with one attached hydrogen (secondary N) is 1. The van der Waals surface area contributed by atoms with Crippen LogP contribution in [0.5, 0.6) is 5.75 Å². The van der Waals surface area contributed by atoms with Crippen molar-refractivity contribution in [2.24, 2.45) is 0 Å². The molecule has 1 saturated heterocycles. The Morgan fingerprint density at radius 2 is 1.90 bits per heavy atom. The monoisotopic (exact) mass is 413 g/mol. The number of aromatic nitrogens is 1. The molecule has 2 atom stereocenters. The summed E-state index contributed by atoms with van der Waals surface area (Å²) >= 11 is 1.65. The van der Waals surface area contributed by atoms with Gasteiger partial charge in [0.1, 0.15) is 0 Å². The molecule has 2 aromatic rings. The quantitative estimate of drug-likeness (QED) is 0.659. The molecule has 1 aliphatic heterocycles.